The molecule has 0 N–H and O–H groups in total. The van der Waals surface area contributed by atoms with Gasteiger partial charge in [0.05, 0.1) is 33.5 Å². The monoisotopic (exact) mass is 688 g/mol. The van der Waals surface area contributed by atoms with Gasteiger partial charge in [-0.25, -0.2) is 4.98 Å². The standard InChI is InChI=1S/C50H32N4/c1-3-15-35(16-4-1)53-47-26-9-7-19-38(47)40-22-12-24-42(49(40)53)45-30-34(37-21-11-14-33-28-29-51-32-44(33)37)31-46(52-45)43-25-13-23-41-39-20-8-10-27-48(39)54(50(41)43)36-17-5-2-6-18-36/h1-32H. The van der Waals surface area contributed by atoms with Gasteiger partial charge in [-0.05, 0) is 71.1 Å². The van der Waals surface area contributed by atoms with Crippen molar-refractivity contribution >= 4 is 54.4 Å². The maximum Gasteiger partial charge on any atom is 0.0737 e. The fourth-order valence-corrected chi connectivity index (χ4v) is 8.47. The van der Waals surface area contributed by atoms with Crippen LogP contribution in [0, 0.1) is 0 Å². The lowest BCUT2D eigenvalue weighted by Gasteiger charge is -2.16. The Kier molecular flexibility index (Phi) is 6.82. The lowest BCUT2D eigenvalue weighted by molar-refractivity contribution is 1.17. The van der Waals surface area contributed by atoms with Gasteiger partial charge in [0.25, 0.3) is 0 Å². The third kappa shape index (κ3) is 4.64. The predicted molar refractivity (Wildman–Crippen MR) is 225 cm³/mol. The van der Waals surface area contributed by atoms with Crippen LogP contribution in [0.3, 0.4) is 0 Å². The fourth-order valence-electron chi connectivity index (χ4n) is 8.47. The van der Waals surface area contributed by atoms with Gasteiger partial charge in [0.15, 0.2) is 0 Å². The number of nitrogens with zero attached hydrogens (tertiary/aromatic N) is 4. The zero-order valence-corrected chi connectivity index (χ0v) is 29.3. The molecule has 7 aromatic carbocycles. The van der Waals surface area contributed by atoms with E-state index in [-0.39, 0.29) is 0 Å². The zero-order chi connectivity index (χ0) is 35.6. The molecule has 0 saturated carbocycles. The smallest absolute Gasteiger partial charge is 0.0737 e. The van der Waals surface area contributed by atoms with E-state index in [1.54, 1.807) is 0 Å². The van der Waals surface area contributed by atoms with Gasteiger partial charge in [0, 0.05) is 61.8 Å². The van der Waals surface area contributed by atoms with E-state index in [2.05, 4.69) is 196 Å². The minimum atomic E-state index is 0.911. The molecule has 0 radical (unpaired) electrons. The number of rotatable bonds is 5. The number of aromatic nitrogens is 4. The van der Waals surface area contributed by atoms with Crippen LogP contribution in [0.5, 0.6) is 0 Å². The van der Waals surface area contributed by atoms with Crippen molar-refractivity contribution in [1.29, 1.82) is 0 Å². The molecule has 4 heteroatoms. The highest BCUT2D eigenvalue weighted by atomic mass is 15.0. The van der Waals surface area contributed by atoms with Gasteiger partial charge in [-0.2, -0.15) is 0 Å². The Balaban J connectivity index is 1.27. The lowest BCUT2D eigenvalue weighted by atomic mass is 9.95. The second kappa shape index (κ2) is 12.1. The molecule has 0 saturated heterocycles. The van der Waals surface area contributed by atoms with Crippen molar-refractivity contribution < 1.29 is 0 Å². The van der Waals surface area contributed by atoms with E-state index in [1.807, 2.05) is 12.4 Å². The van der Waals surface area contributed by atoms with Crippen molar-refractivity contribution in [2.75, 3.05) is 0 Å². The van der Waals surface area contributed by atoms with Crippen molar-refractivity contribution in [2.24, 2.45) is 0 Å². The maximum absolute atomic E-state index is 5.65. The van der Waals surface area contributed by atoms with Gasteiger partial charge in [-0.1, -0.05) is 127 Å². The normalized spacial score (nSPS) is 11.7. The molecule has 0 aliphatic carbocycles. The van der Waals surface area contributed by atoms with Crippen LogP contribution in [0.25, 0.3) is 99.4 Å². The fraction of sp³-hybridized carbons (Fsp3) is 0. The first-order valence-electron chi connectivity index (χ1n) is 18.3. The van der Waals surface area contributed by atoms with Gasteiger partial charge < -0.3 is 9.13 Å². The molecule has 0 atom stereocenters. The molecule has 54 heavy (non-hydrogen) atoms. The van der Waals surface area contributed by atoms with Gasteiger partial charge >= 0.3 is 0 Å². The van der Waals surface area contributed by atoms with Crippen LogP contribution in [-0.4, -0.2) is 19.1 Å². The van der Waals surface area contributed by atoms with Crippen LogP contribution in [0.1, 0.15) is 0 Å². The topological polar surface area (TPSA) is 35.6 Å². The highest BCUT2D eigenvalue weighted by Crippen LogP contribution is 2.42. The average Bonchev–Trinajstić information content (AvgIpc) is 3.77. The summed E-state index contributed by atoms with van der Waals surface area (Å²) in [6, 6.07) is 65.1. The Hall–Kier alpha value is -7.30. The molecular weight excluding hydrogens is 657 g/mol. The van der Waals surface area contributed by atoms with Crippen molar-refractivity contribution in [3.05, 3.63) is 194 Å². The average molecular weight is 689 g/mol. The number of fused-ring (bicyclic) bond motifs is 7. The zero-order valence-electron chi connectivity index (χ0n) is 29.3. The minimum absolute atomic E-state index is 0.911. The highest BCUT2D eigenvalue weighted by molar-refractivity contribution is 6.15. The van der Waals surface area contributed by atoms with Crippen molar-refractivity contribution in [3.8, 4) is 45.0 Å². The number of hydrogen-bond donors (Lipinski definition) is 0. The molecule has 0 unspecified atom stereocenters. The molecule has 0 bridgehead atoms. The Labute approximate surface area is 311 Å². The molecule has 4 aromatic heterocycles. The molecular formula is C50H32N4. The summed E-state index contributed by atoms with van der Waals surface area (Å²) in [4.78, 5) is 10.2. The summed E-state index contributed by atoms with van der Waals surface area (Å²) in [5.74, 6) is 0. The first-order chi connectivity index (χ1) is 26.8. The number of para-hydroxylation sites is 6. The molecule has 0 aliphatic rings. The van der Waals surface area contributed by atoms with E-state index in [1.165, 1.54) is 32.6 Å². The van der Waals surface area contributed by atoms with Gasteiger partial charge in [0.2, 0.25) is 0 Å². The van der Waals surface area contributed by atoms with Crippen molar-refractivity contribution in [2.45, 2.75) is 0 Å². The van der Waals surface area contributed by atoms with Crippen LogP contribution in [0.2, 0.25) is 0 Å². The second-order valence-electron chi connectivity index (χ2n) is 13.8. The molecule has 0 amide bonds. The SMILES string of the molecule is c1ccc(-n2c3ccccc3c3cccc(-c4cc(-c5cccc6ccncc56)cc(-c5cccc6c7ccccc7n(-c7ccccc7)c56)n4)c32)cc1. The molecule has 0 spiro atoms. The number of pyridine rings is 2. The maximum atomic E-state index is 5.65. The van der Waals surface area contributed by atoms with Gasteiger partial charge in [-0.15, -0.1) is 0 Å². The highest BCUT2D eigenvalue weighted by Gasteiger charge is 2.21. The summed E-state index contributed by atoms with van der Waals surface area (Å²) in [5, 5.41) is 7.08. The second-order valence-corrected chi connectivity index (χ2v) is 13.8. The predicted octanol–water partition coefficient (Wildman–Crippen LogP) is 12.8. The van der Waals surface area contributed by atoms with Crippen LogP contribution in [0.15, 0.2) is 194 Å². The van der Waals surface area contributed by atoms with E-state index >= 15 is 0 Å². The van der Waals surface area contributed by atoms with Crippen molar-refractivity contribution in [3.63, 3.8) is 0 Å². The van der Waals surface area contributed by atoms with Crippen molar-refractivity contribution in [1.82, 2.24) is 19.1 Å². The lowest BCUT2D eigenvalue weighted by Crippen LogP contribution is -1.99. The minimum Gasteiger partial charge on any atom is -0.309 e. The molecule has 0 aliphatic heterocycles. The van der Waals surface area contributed by atoms with E-state index < -0.39 is 0 Å². The summed E-state index contributed by atoms with van der Waals surface area (Å²) >= 11 is 0. The van der Waals surface area contributed by atoms with E-state index in [9.17, 15) is 0 Å². The largest absolute Gasteiger partial charge is 0.309 e. The van der Waals surface area contributed by atoms with E-state index in [0.29, 0.717) is 0 Å². The molecule has 4 heterocycles. The van der Waals surface area contributed by atoms with Gasteiger partial charge in [0.1, 0.15) is 0 Å². The Morgan fingerprint density at radius 2 is 0.852 bits per heavy atom. The summed E-state index contributed by atoms with van der Waals surface area (Å²) in [6.45, 7) is 0. The summed E-state index contributed by atoms with van der Waals surface area (Å²) < 4.78 is 4.79. The summed E-state index contributed by atoms with van der Waals surface area (Å²) in [6.07, 6.45) is 3.84. The number of benzene rings is 7. The summed E-state index contributed by atoms with van der Waals surface area (Å²) in [5.41, 5.74) is 13.0. The third-order valence-electron chi connectivity index (χ3n) is 10.8. The quantitative estimate of drug-likeness (QED) is 0.180. The molecule has 0 fully saturated rings. The Morgan fingerprint density at radius 1 is 0.370 bits per heavy atom. The first kappa shape index (κ1) is 30.3. The molecule has 11 rings (SSSR count). The Morgan fingerprint density at radius 3 is 1.43 bits per heavy atom. The molecule has 11 aromatic rings. The summed E-state index contributed by atoms with van der Waals surface area (Å²) in [7, 11) is 0. The van der Waals surface area contributed by atoms with Crippen LogP contribution < -0.4 is 0 Å². The molecule has 252 valence electrons. The van der Waals surface area contributed by atoms with Crippen LogP contribution >= 0.6 is 0 Å². The molecule has 4 nitrogen and oxygen atoms in total. The van der Waals surface area contributed by atoms with Gasteiger partial charge in [-0.3, -0.25) is 4.98 Å². The number of hydrogen-bond acceptors (Lipinski definition) is 2. The van der Waals surface area contributed by atoms with E-state index in [4.69, 9.17) is 4.98 Å². The third-order valence-corrected chi connectivity index (χ3v) is 10.8. The van der Waals surface area contributed by atoms with E-state index in [0.717, 1.165) is 66.8 Å². The first-order valence-corrected chi connectivity index (χ1v) is 18.3. The van der Waals surface area contributed by atoms with Crippen LogP contribution in [-0.2, 0) is 0 Å². The Bertz CT molecular complexity index is 3030. The van der Waals surface area contributed by atoms with Crippen LogP contribution in [0.4, 0.5) is 0 Å².